The topological polar surface area (TPSA) is 83.8 Å². The van der Waals surface area contributed by atoms with Crippen molar-refractivity contribution in [2.45, 2.75) is 52.1 Å². The van der Waals surface area contributed by atoms with Gasteiger partial charge in [0.05, 0.1) is 6.61 Å². The van der Waals surface area contributed by atoms with Gasteiger partial charge in [0.15, 0.2) is 0 Å². The first-order valence-electron chi connectivity index (χ1n) is 7.71. The van der Waals surface area contributed by atoms with Gasteiger partial charge in [-0.3, -0.25) is 4.79 Å². The minimum Gasteiger partial charge on any atom is -0.478 e. The predicted octanol–water partition coefficient (Wildman–Crippen LogP) is 2.45. The van der Waals surface area contributed by atoms with Crippen LogP contribution in [-0.4, -0.2) is 34.9 Å². The van der Waals surface area contributed by atoms with Crippen molar-refractivity contribution < 1.29 is 24.5 Å². The SMILES string of the molecule is C=C(C(=O)O)C1CC2=C(CO)CCCC2(C)C(OC(C)=O)C1. The number of aliphatic hydroxyl groups is 1. The van der Waals surface area contributed by atoms with E-state index in [1.165, 1.54) is 6.92 Å². The lowest BCUT2D eigenvalue weighted by Gasteiger charge is -2.49. The maximum Gasteiger partial charge on any atom is 0.331 e. The van der Waals surface area contributed by atoms with E-state index in [1.54, 1.807) is 0 Å². The van der Waals surface area contributed by atoms with E-state index in [0.717, 1.165) is 30.4 Å². The number of ether oxygens (including phenoxy) is 1. The molecule has 2 rings (SSSR count). The highest BCUT2D eigenvalue weighted by Crippen LogP contribution is 2.53. The lowest BCUT2D eigenvalue weighted by atomic mass is 9.59. The van der Waals surface area contributed by atoms with E-state index in [0.29, 0.717) is 12.8 Å². The lowest BCUT2D eigenvalue weighted by Crippen LogP contribution is -2.46. The van der Waals surface area contributed by atoms with Gasteiger partial charge in [0.1, 0.15) is 6.10 Å². The molecule has 0 spiro atoms. The maximum absolute atomic E-state index is 11.5. The second kappa shape index (κ2) is 6.24. The van der Waals surface area contributed by atoms with E-state index < -0.39 is 5.97 Å². The summed E-state index contributed by atoms with van der Waals surface area (Å²) in [6.45, 7) is 7.09. The summed E-state index contributed by atoms with van der Waals surface area (Å²) < 4.78 is 5.53. The molecule has 1 saturated carbocycles. The summed E-state index contributed by atoms with van der Waals surface area (Å²) in [4.78, 5) is 22.7. The van der Waals surface area contributed by atoms with Gasteiger partial charge in [-0.15, -0.1) is 0 Å². The lowest BCUT2D eigenvalue weighted by molar-refractivity contribution is -0.155. The fraction of sp³-hybridized carbons (Fsp3) is 0.647. The summed E-state index contributed by atoms with van der Waals surface area (Å²) in [5.74, 6) is -1.63. The van der Waals surface area contributed by atoms with Crippen molar-refractivity contribution in [3.05, 3.63) is 23.3 Å². The van der Waals surface area contributed by atoms with Crippen molar-refractivity contribution in [2.24, 2.45) is 11.3 Å². The normalized spacial score (nSPS) is 31.4. The van der Waals surface area contributed by atoms with Gasteiger partial charge in [-0.05, 0) is 43.6 Å². The van der Waals surface area contributed by atoms with Gasteiger partial charge in [0, 0.05) is 17.9 Å². The van der Waals surface area contributed by atoms with Gasteiger partial charge in [-0.1, -0.05) is 19.1 Å². The molecule has 0 bridgehead atoms. The van der Waals surface area contributed by atoms with Crippen LogP contribution in [0.15, 0.2) is 23.3 Å². The average Bonchev–Trinajstić information content (AvgIpc) is 2.45. The zero-order valence-electron chi connectivity index (χ0n) is 13.2. The summed E-state index contributed by atoms with van der Waals surface area (Å²) in [5.41, 5.74) is 1.87. The molecule has 5 heteroatoms. The first kappa shape index (κ1) is 16.7. The van der Waals surface area contributed by atoms with Crippen LogP contribution in [0.4, 0.5) is 0 Å². The molecule has 2 aliphatic rings. The summed E-state index contributed by atoms with van der Waals surface area (Å²) in [6.07, 6.45) is 3.34. The van der Waals surface area contributed by atoms with Crippen molar-refractivity contribution in [3.63, 3.8) is 0 Å². The molecule has 2 aliphatic carbocycles. The standard InChI is InChI=1S/C17H24O5/c1-10(16(20)21)13-7-14-12(9-18)5-4-6-17(14,3)15(8-13)22-11(2)19/h13,15,18H,1,4-9H2,2-3H3,(H,20,21). The van der Waals surface area contributed by atoms with Crippen molar-refractivity contribution in [1.29, 1.82) is 0 Å². The maximum atomic E-state index is 11.5. The van der Waals surface area contributed by atoms with Crippen LogP contribution in [0.5, 0.6) is 0 Å². The van der Waals surface area contributed by atoms with Crippen LogP contribution in [0, 0.1) is 11.3 Å². The first-order valence-corrected chi connectivity index (χ1v) is 7.71. The molecule has 2 N–H and O–H groups in total. The smallest absolute Gasteiger partial charge is 0.331 e. The summed E-state index contributed by atoms with van der Waals surface area (Å²) >= 11 is 0. The van der Waals surface area contributed by atoms with Crippen molar-refractivity contribution >= 4 is 11.9 Å². The van der Waals surface area contributed by atoms with Crippen LogP contribution >= 0.6 is 0 Å². The molecule has 0 saturated heterocycles. The number of aliphatic hydroxyl groups excluding tert-OH is 1. The number of esters is 1. The third-order valence-corrected chi connectivity index (χ3v) is 5.22. The monoisotopic (exact) mass is 308 g/mol. The summed E-state index contributed by atoms with van der Waals surface area (Å²) in [5, 5.41) is 18.9. The van der Waals surface area contributed by atoms with Gasteiger partial charge < -0.3 is 14.9 Å². The van der Waals surface area contributed by atoms with E-state index >= 15 is 0 Å². The minimum absolute atomic E-state index is 0.0238. The number of hydrogen-bond acceptors (Lipinski definition) is 4. The highest BCUT2D eigenvalue weighted by Gasteiger charge is 2.48. The zero-order valence-corrected chi connectivity index (χ0v) is 13.2. The van der Waals surface area contributed by atoms with Crippen LogP contribution in [0.25, 0.3) is 0 Å². The zero-order chi connectivity index (χ0) is 16.5. The largest absolute Gasteiger partial charge is 0.478 e. The minimum atomic E-state index is -1.02. The van der Waals surface area contributed by atoms with E-state index in [2.05, 4.69) is 13.5 Å². The number of hydrogen-bond donors (Lipinski definition) is 2. The van der Waals surface area contributed by atoms with Crippen molar-refractivity contribution in [1.82, 2.24) is 0 Å². The molecule has 0 aliphatic heterocycles. The number of carboxylic acid groups (broad SMARTS) is 1. The van der Waals surface area contributed by atoms with Crippen LogP contribution in [0.2, 0.25) is 0 Å². The molecule has 1 fully saturated rings. The number of carbonyl (C=O) groups excluding carboxylic acids is 1. The molecule has 22 heavy (non-hydrogen) atoms. The number of fused-ring (bicyclic) bond motifs is 1. The molecular weight excluding hydrogens is 284 g/mol. The predicted molar refractivity (Wildman–Crippen MR) is 81.1 cm³/mol. The molecule has 122 valence electrons. The fourth-order valence-corrected chi connectivity index (χ4v) is 3.95. The molecule has 0 aromatic carbocycles. The highest BCUT2D eigenvalue weighted by atomic mass is 16.5. The second-order valence-corrected chi connectivity index (χ2v) is 6.58. The quantitative estimate of drug-likeness (QED) is 0.473. The first-order chi connectivity index (χ1) is 10.3. The third kappa shape index (κ3) is 2.95. The van der Waals surface area contributed by atoms with Crippen LogP contribution in [0.1, 0.15) is 46.0 Å². The summed E-state index contributed by atoms with van der Waals surface area (Å²) in [7, 11) is 0. The molecule has 0 amide bonds. The van der Waals surface area contributed by atoms with Crippen LogP contribution in [0.3, 0.4) is 0 Å². The van der Waals surface area contributed by atoms with Gasteiger partial charge in [0.25, 0.3) is 0 Å². The molecule has 0 aromatic heterocycles. The molecule has 3 atom stereocenters. The van der Waals surface area contributed by atoms with E-state index in [9.17, 15) is 19.8 Å². The Kier molecular flexibility index (Phi) is 4.75. The van der Waals surface area contributed by atoms with Gasteiger partial charge >= 0.3 is 11.9 Å². The average molecular weight is 308 g/mol. The molecule has 0 heterocycles. The Morgan fingerprint density at radius 2 is 2.14 bits per heavy atom. The van der Waals surface area contributed by atoms with Crippen LogP contribution < -0.4 is 0 Å². The Bertz CT molecular complexity index is 533. The van der Waals surface area contributed by atoms with E-state index in [4.69, 9.17) is 4.74 Å². The van der Waals surface area contributed by atoms with Gasteiger partial charge in [-0.25, -0.2) is 4.79 Å². The molecule has 3 unspecified atom stereocenters. The van der Waals surface area contributed by atoms with Gasteiger partial charge in [0.2, 0.25) is 0 Å². The second-order valence-electron chi connectivity index (χ2n) is 6.58. The number of aliphatic carboxylic acids is 1. The summed E-state index contributed by atoms with van der Waals surface area (Å²) in [6, 6.07) is 0. The molecular formula is C17H24O5. The molecule has 0 aromatic rings. The highest BCUT2D eigenvalue weighted by molar-refractivity contribution is 5.86. The number of rotatable bonds is 4. The third-order valence-electron chi connectivity index (χ3n) is 5.22. The van der Waals surface area contributed by atoms with Crippen molar-refractivity contribution in [3.8, 4) is 0 Å². The Labute approximate surface area is 130 Å². The number of carbonyl (C=O) groups is 2. The number of carboxylic acids is 1. The van der Waals surface area contributed by atoms with Gasteiger partial charge in [-0.2, -0.15) is 0 Å². The Morgan fingerprint density at radius 1 is 1.45 bits per heavy atom. The Balaban J connectivity index is 2.42. The van der Waals surface area contributed by atoms with Crippen LogP contribution in [-0.2, 0) is 14.3 Å². The molecule has 0 radical (unpaired) electrons. The van der Waals surface area contributed by atoms with Crippen molar-refractivity contribution in [2.75, 3.05) is 6.61 Å². The Morgan fingerprint density at radius 3 is 2.68 bits per heavy atom. The Hall–Kier alpha value is -1.62. The van der Waals surface area contributed by atoms with E-state index in [-0.39, 0.29) is 35.6 Å². The van der Waals surface area contributed by atoms with E-state index in [1.807, 2.05) is 0 Å². The fourth-order valence-electron chi connectivity index (χ4n) is 3.95. The molecule has 5 nitrogen and oxygen atoms in total.